The molecule has 1 aliphatic carbocycles. The summed E-state index contributed by atoms with van der Waals surface area (Å²) in [6.07, 6.45) is 2.63. The van der Waals surface area contributed by atoms with Gasteiger partial charge in [0, 0.05) is 10.0 Å². The zero-order valence-electron chi connectivity index (χ0n) is 9.96. The number of benzene rings is 1. The Morgan fingerprint density at radius 2 is 2.12 bits per heavy atom. The number of halogens is 1. The van der Waals surface area contributed by atoms with E-state index in [1.807, 2.05) is 0 Å². The molecule has 1 aliphatic rings. The average molecular weight is 311 g/mol. The lowest BCUT2D eigenvalue weighted by Crippen LogP contribution is -2.28. The predicted molar refractivity (Wildman–Crippen MR) is 76.9 cm³/mol. The highest BCUT2D eigenvalue weighted by molar-refractivity contribution is 9.10. The van der Waals surface area contributed by atoms with Gasteiger partial charge < -0.3 is 9.55 Å². The van der Waals surface area contributed by atoms with Gasteiger partial charge >= 0.3 is 0 Å². The minimum Gasteiger partial charge on any atom is -0.331 e. The van der Waals surface area contributed by atoms with Crippen molar-refractivity contribution in [3.63, 3.8) is 0 Å². The van der Waals surface area contributed by atoms with Crippen molar-refractivity contribution in [2.75, 3.05) is 0 Å². The second kappa shape index (κ2) is 3.69. The molecule has 1 aromatic heterocycles. The Balaban J connectivity index is 2.28. The van der Waals surface area contributed by atoms with Crippen molar-refractivity contribution in [1.29, 1.82) is 0 Å². The van der Waals surface area contributed by atoms with E-state index in [0.29, 0.717) is 0 Å². The summed E-state index contributed by atoms with van der Waals surface area (Å²) in [4.78, 5) is 3.30. The second-order valence-electron chi connectivity index (χ2n) is 5.35. The molecule has 0 atom stereocenters. The molecule has 1 saturated carbocycles. The molecule has 90 valence electrons. The molecule has 0 radical (unpaired) electrons. The van der Waals surface area contributed by atoms with Gasteiger partial charge in [-0.05, 0) is 63.0 Å². The standard InChI is InChI=1S/C13H15BrN2S/c1-13(2,8-3-4-8)16-11-6-5-9(14)7-10(11)15-12(16)17/h5-8H,3-4H2,1-2H3,(H,15,17). The smallest absolute Gasteiger partial charge is 0.178 e. The van der Waals surface area contributed by atoms with E-state index in [9.17, 15) is 0 Å². The Morgan fingerprint density at radius 3 is 2.76 bits per heavy atom. The number of hydrogen-bond donors (Lipinski definition) is 1. The molecule has 0 bridgehead atoms. The van der Waals surface area contributed by atoms with E-state index in [4.69, 9.17) is 12.2 Å². The predicted octanol–water partition coefficient (Wildman–Crippen LogP) is 4.61. The SMILES string of the molecule is CC(C)(C1CC1)n1c(=S)[nH]c2cc(Br)ccc21. The highest BCUT2D eigenvalue weighted by Crippen LogP contribution is 2.45. The third kappa shape index (κ3) is 1.78. The molecule has 17 heavy (non-hydrogen) atoms. The molecule has 2 nitrogen and oxygen atoms in total. The van der Waals surface area contributed by atoms with E-state index in [1.165, 1.54) is 18.4 Å². The Labute approximate surface area is 114 Å². The summed E-state index contributed by atoms with van der Waals surface area (Å²) in [6, 6.07) is 6.30. The molecule has 0 saturated heterocycles. The number of fused-ring (bicyclic) bond motifs is 1. The largest absolute Gasteiger partial charge is 0.331 e. The molecular weight excluding hydrogens is 296 g/mol. The van der Waals surface area contributed by atoms with Crippen molar-refractivity contribution in [2.45, 2.75) is 32.2 Å². The molecule has 0 amide bonds. The van der Waals surface area contributed by atoms with Crippen LogP contribution in [0.3, 0.4) is 0 Å². The van der Waals surface area contributed by atoms with Gasteiger partial charge in [0.15, 0.2) is 4.77 Å². The Bertz CT molecular complexity index is 634. The summed E-state index contributed by atoms with van der Waals surface area (Å²) in [6.45, 7) is 4.57. The van der Waals surface area contributed by atoms with Crippen LogP contribution in [0.2, 0.25) is 0 Å². The lowest BCUT2D eigenvalue weighted by Gasteiger charge is -2.27. The van der Waals surface area contributed by atoms with Crippen molar-refractivity contribution in [3.8, 4) is 0 Å². The summed E-state index contributed by atoms with van der Waals surface area (Å²) in [5, 5.41) is 0. The van der Waals surface area contributed by atoms with E-state index in [1.54, 1.807) is 0 Å². The highest BCUT2D eigenvalue weighted by Gasteiger charge is 2.40. The van der Waals surface area contributed by atoms with Crippen molar-refractivity contribution in [1.82, 2.24) is 9.55 Å². The van der Waals surface area contributed by atoms with Crippen LogP contribution in [0.15, 0.2) is 22.7 Å². The number of hydrogen-bond acceptors (Lipinski definition) is 1. The number of aromatic amines is 1. The summed E-state index contributed by atoms with van der Waals surface area (Å²) in [5.41, 5.74) is 2.43. The van der Waals surface area contributed by atoms with Crippen LogP contribution in [0.1, 0.15) is 26.7 Å². The average Bonchev–Trinajstić information content (AvgIpc) is 3.01. The number of imidazole rings is 1. The zero-order chi connectivity index (χ0) is 12.2. The topological polar surface area (TPSA) is 20.7 Å². The molecule has 0 aliphatic heterocycles. The maximum absolute atomic E-state index is 5.48. The van der Waals surface area contributed by atoms with E-state index in [0.717, 1.165) is 20.7 Å². The molecule has 3 rings (SSSR count). The minimum atomic E-state index is 0.114. The third-order valence-electron chi connectivity index (χ3n) is 3.80. The van der Waals surface area contributed by atoms with E-state index < -0.39 is 0 Å². The third-order valence-corrected chi connectivity index (χ3v) is 4.57. The number of aromatic nitrogens is 2. The van der Waals surface area contributed by atoms with Gasteiger partial charge in [-0.3, -0.25) is 0 Å². The number of H-pyrrole nitrogens is 1. The van der Waals surface area contributed by atoms with E-state index in [-0.39, 0.29) is 5.54 Å². The van der Waals surface area contributed by atoms with Gasteiger partial charge in [-0.1, -0.05) is 15.9 Å². The van der Waals surface area contributed by atoms with Crippen LogP contribution in [0, 0.1) is 10.7 Å². The quantitative estimate of drug-likeness (QED) is 0.804. The fraction of sp³-hybridized carbons (Fsp3) is 0.462. The monoisotopic (exact) mass is 310 g/mol. The minimum absolute atomic E-state index is 0.114. The van der Waals surface area contributed by atoms with Crippen LogP contribution in [0.25, 0.3) is 11.0 Å². The van der Waals surface area contributed by atoms with Gasteiger partial charge in [0.05, 0.1) is 11.0 Å². The first-order valence-electron chi connectivity index (χ1n) is 5.91. The molecule has 1 N–H and O–H groups in total. The maximum atomic E-state index is 5.48. The lowest BCUT2D eigenvalue weighted by atomic mass is 9.98. The molecule has 0 unspecified atom stereocenters. The Hall–Kier alpha value is -0.610. The van der Waals surface area contributed by atoms with Gasteiger partial charge in [0.2, 0.25) is 0 Å². The van der Waals surface area contributed by atoms with Gasteiger partial charge in [0.25, 0.3) is 0 Å². The van der Waals surface area contributed by atoms with E-state index in [2.05, 4.69) is 57.5 Å². The van der Waals surface area contributed by atoms with Gasteiger partial charge in [-0.15, -0.1) is 0 Å². The first kappa shape index (κ1) is 11.5. The fourth-order valence-electron chi connectivity index (χ4n) is 2.63. The summed E-state index contributed by atoms with van der Waals surface area (Å²) in [7, 11) is 0. The van der Waals surface area contributed by atoms with Gasteiger partial charge in [-0.2, -0.15) is 0 Å². The van der Waals surface area contributed by atoms with Crippen LogP contribution in [0.4, 0.5) is 0 Å². The molecule has 2 aromatic rings. The second-order valence-corrected chi connectivity index (χ2v) is 6.66. The molecule has 0 spiro atoms. The van der Waals surface area contributed by atoms with Crippen LogP contribution < -0.4 is 0 Å². The van der Waals surface area contributed by atoms with Gasteiger partial charge in [-0.25, -0.2) is 0 Å². The van der Waals surface area contributed by atoms with Crippen LogP contribution in [-0.2, 0) is 5.54 Å². The first-order chi connectivity index (χ1) is 8.00. The molecule has 4 heteroatoms. The molecule has 1 heterocycles. The fourth-order valence-corrected chi connectivity index (χ4v) is 3.43. The molecule has 1 aromatic carbocycles. The van der Waals surface area contributed by atoms with Crippen molar-refractivity contribution in [2.24, 2.45) is 5.92 Å². The number of rotatable bonds is 2. The molecular formula is C13H15BrN2S. The Kier molecular flexibility index (Phi) is 2.49. The van der Waals surface area contributed by atoms with Crippen LogP contribution in [-0.4, -0.2) is 9.55 Å². The Morgan fingerprint density at radius 1 is 1.41 bits per heavy atom. The lowest BCUT2D eigenvalue weighted by molar-refractivity contribution is 0.310. The van der Waals surface area contributed by atoms with Crippen molar-refractivity contribution in [3.05, 3.63) is 27.4 Å². The summed E-state index contributed by atoms with van der Waals surface area (Å²) in [5.74, 6) is 0.761. The van der Waals surface area contributed by atoms with Crippen LogP contribution in [0.5, 0.6) is 0 Å². The number of nitrogens with one attached hydrogen (secondary N) is 1. The van der Waals surface area contributed by atoms with Crippen molar-refractivity contribution < 1.29 is 0 Å². The molecule has 1 fully saturated rings. The van der Waals surface area contributed by atoms with Crippen molar-refractivity contribution >= 4 is 39.2 Å². The van der Waals surface area contributed by atoms with Gasteiger partial charge in [0.1, 0.15) is 0 Å². The summed E-state index contributed by atoms with van der Waals surface area (Å²) >= 11 is 8.98. The summed E-state index contributed by atoms with van der Waals surface area (Å²) < 4.78 is 4.19. The van der Waals surface area contributed by atoms with E-state index >= 15 is 0 Å². The first-order valence-corrected chi connectivity index (χ1v) is 7.11. The normalized spacial score (nSPS) is 16.6. The zero-order valence-corrected chi connectivity index (χ0v) is 12.4. The van der Waals surface area contributed by atoms with Crippen LogP contribution >= 0.6 is 28.1 Å². The number of nitrogens with zero attached hydrogens (tertiary/aromatic N) is 1. The highest BCUT2D eigenvalue weighted by atomic mass is 79.9. The maximum Gasteiger partial charge on any atom is 0.178 e.